The fraction of sp³-hybridized carbons (Fsp3) is 0.415. The number of amides is 2. The lowest BCUT2D eigenvalue weighted by atomic mass is 9.85. The van der Waals surface area contributed by atoms with Crippen LogP contribution in [0.25, 0.3) is 21.7 Å². The highest BCUT2D eigenvalue weighted by molar-refractivity contribution is 7.80. The molecule has 388 valence electrons. The third-order valence-electron chi connectivity index (χ3n) is 12.4. The molecule has 0 spiro atoms. The van der Waals surface area contributed by atoms with Crippen molar-refractivity contribution in [2.75, 3.05) is 49.8 Å². The van der Waals surface area contributed by atoms with Crippen molar-refractivity contribution in [3.05, 3.63) is 112 Å². The van der Waals surface area contributed by atoms with E-state index in [0.717, 1.165) is 45.2 Å². The Morgan fingerprint density at radius 1 is 0.986 bits per heavy atom. The van der Waals surface area contributed by atoms with E-state index >= 15 is 8.78 Å². The zero-order chi connectivity index (χ0) is 53.3. The van der Waals surface area contributed by atoms with Crippen molar-refractivity contribution in [1.29, 1.82) is 5.26 Å². The molecule has 2 atom stereocenters. The fourth-order valence-electron chi connectivity index (χ4n) is 8.41. The van der Waals surface area contributed by atoms with Crippen molar-refractivity contribution in [2.45, 2.75) is 97.6 Å². The number of hydrogen-bond donors (Lipinski definition) is 2. The minimum Gasteiger partial charge on any atom is -0.491 e. The number of pyridine rings is 1. The molecule has 1 aliphatic rings. The van der Waals surface area contributed by atoms with Crippen LogP contribution in [0.5, 0.6) is 5.75 Å². The van der Waals surface area contributed by atoms with Gasteiger partial charge in [-0.15, -0.1) is 11.3 Å². The van der Waals surface area contributed by atoms with Crippen LogP contribution in [0.4, 0.5) is 33.3 Å². The minimum absolute atomic E-state index is 0.0324. The summed E-state index contributed by atoms with van der Waals surface area (Å²) in [5.74, 6) is -2.59. The Morgan fingerprint density at radius 3 is 2.32 bits per heavy atom. The van der Waals surface area contributed by atoms with Gasteiger partial charge < -0.3 is 39.6 Å². The number of aromatic nitrogens is 2. The lowest BCUT2D eigenvalue weighted by molar-refractivity contribution is -0.142. The van der Waals surface area contributed by atoms with Crippen molar-refractivity contribution in [3.63, 3.8) is 0 Å². The molecule has 2 aromatic heterocycles. The average Bonchev–Trinajstić information content (AvgIpc) is 4.03. The lowest BCUT2D eigenvalue weighted by Crippen LogP contribution is -2.56. The zero-order valence-corrected chi connectivity index (χ0v) is 43.4. The Kier molecular flexibility index (Phi) is 18.4. The van der Waals surface area contributed by atoms with Gasteiger partial charge in [-0.2, -0.15) is 18.4 Å². The van der Waals surface area contributed by atoms with Gasteiger partial charge in [-0.25, -0.2) is 13.8 Å². The number of aryl methyl sites for hydroxylation is 1. The topological polar surface area (TPSA) is 153 Å². The highest BCUT2D eigenvalue weighted by Gasteiger charge is 2.42. The van der Waals surface area contributed by atoms with Crippen LogP contribution in [-0.2, 0) is 31.8 Å². The molecule has 0 saturated carbocycles. The van der Waals surface area contributed by atoms with Gasteiger partial charge in [0.25, 0.3) is 0 Å². The summed E-state index contributed by atoms with van der Waals surface area (Å²) >= 11 is 7.19. The maximum atomic E-state index is 15.4. The van der Waals surface area contributed by atoms with Gasteiger partial charge >= 0.3 is 6.18 Å². The second-order valence-electron chi connectivity index (χ2n) is 19.2. The number of nitriles is 1. The standard InChI is InChI=1S/C53H59F5N8O5S2/c1-33-46(73-32-63-33)35-14-12-34(13-15-35)29-62-48(68)42-11-10-23-65(42)49(69)47(51(2,3)4)60-22-26-70-24-8-9-25-71-43-21-17-36(27-39(43)54)40-19-18-38(30-61-40)66(52(5,6)31-67)50(72)64(7)41-20-16-37(28-59)44(45(41)55)53(56,57)58/h12-21,27,30-32,42,47,60H,8-11,22-26,29H2,1-7H3,(H,62,68). The van der Waals surface area contributed by atoms with Crippen LogP contribution < -0.4 is 25.2 Å². The number of alkyl halides is 3. The van der Waals surface area contributed by atoms with Crippen molar-refractivity contribution < 1.29 is 45.8 Å². The van der Waals surface area contributed by atoms with Crippen molar-refractivity contribution in [1.82, 2.24) is 25.5 Å². The van der Waals surface area contributed by atoms with Crippen molar-refractivity contribution in [2.24, 2.45) is 5.41 Å². The number of aldehydes is 1. The molecule has 2 unspecified atom stereocenters. The SMILES string of the molecule is Cc1ncsc1-c1ccc(CNC(=O)C2CCCN2C(=O)C(NCCOCCCCOc2ccc(-c3ccc(N(C(=S)N(C)c4ccc(C#N)c(C(F)(F)F)c4F)C(C)(C)C=O)cn3)cc2F)C(C)(C)C)cc1. The second-order valence-corrected chi connectivity index (χ2v) is 20.4. The Labute approximate surface area is 431 Å². The smallest absolute Gasteiger partial charge is 0.420 e. The molecule has 0 radical (unpaired) electrons. The number of likely N-dealkylation sites (tertiary alicyclic amines) is 1. The van der Waals surface area contributed by atoms with Gasteiger partial charge in [0.15, 0.2) is 22.5 Å². The molecular formula is C53H59F5N8O5S2. The molecule has 1 aliphatic heterocycles. The molecule has 2 N–H and O–H groups in total. The summed E-state index contributed by atoms with van der Waals surface area (Å²) in [5.41, 5.74) is 0.791. The first kappa shape index (κ1) is 55.9. The summed E-state index contributed by atoms with van der Waals surface area (Å²) in [6.07, 6.45) is -0.721. The number of thiazole rings is 1. The van der Waals surface area contributed by atoms with Crippen LogP contribution in [0.2, 0.25) is 0 Å². The number of halogens is 5. The molecule has 0 aliphatic carbocycles. The van der Waals surface area contributed by atoms with E-state index in [1.54, 1.807) is 28.4 Å². The molecule has 3 heterocycles. The maximum absolute atomic E-state index is 15.4. The van der Waals surface area contributed by atoms with Crippen molar-refractivity contribution in [3.8, 4) is 33.5 Å². The van der Waals surface area contributed by atoms with Crippen LogP contribution in [0.1, 0.15) is 82.7 Å². The number of thiocarbonyl (C=S) groups is 1. The first-order chi connectivity index (χ1) is 34.6. The number of unbranched alkanes of at least 4 members (excludes halogenated alkanes) is 1. The normalized spacial score (nSPS) is 14.3. The highest BCUT2D eigenvalue weighted by Crippen LogP contribution is 2.39. The van der Waals surface area contributed by atoms with Gasteiger partial charge in [0.2, 0.25) is 11.8 Å². The number of anilines is 2. The van der Waals surface area contributed by atoms with E-state index in [0.29, 0.717) is 69.7 Å². The van der Waals surface area contributed by atoms with E-state index in [4.69, 9.17) is 21.7 Å². The third kappa shape index (κ3) is 13.6. The number of nitrogens with zero attached hydrogens (tertiary/aromatic N) is 6. The van der Waals surface area contributed by atoms with Gasteiger partial charge in [-0.05, 0) is 118 Å². The Morgan fingerprint density at radius 2 is 1.70 bits per heavy atom. The predicted octanol–water partition coefficient (Wildman–Crippen LogP) is 10.0. The van der Waals surface area contributed by atoms with Gasteiger partial charge in [0, 0.05) is 38.9 Å². The predicted molar refractivity (Wildman–Crippen MR) is 275 cm³/mol. The number of benzene rings is 3. The third-order valence-corrected chi connectivity index (χ3v) is 13.8. The quantitative estimate of drug-likeness (QED) is 0.0330. The van der Waals surface area contributed by atoms with Crippen LogP contribution in [0, 0.1) is 35.3 Å². The first-order valence-corrected chi connectivity index (χ1v) is 25.0. The van der Waals surface area contributed by atoms with E-state index in [2.05, 4.69) is 20.6 Å². The Bertz CT molecular complexity index is 2800. The summed E-state index contributed by atoms with van der Waals surface area (Å²) < 4.78 is 83.6. The Hall–Kier alpha value is -6.40. The zero-order valence-electron chi connectivity index (χ0n) is 41.7. The van der Waals surface area contributed by atoms with Crippen LogP contribution in [0.3, 0.4) is 0 Å². The summed E-state index contributed by atoms with van der Waals surface area (Å²) in [5, 5.41) is 15.3. The van der Waals surface area contributed by atoms with Gasteiger partial charge in [0.1, 0.15) is 17.9 Å². The van der Waals surface area contributed by atoms with Gasteiger partial charge in [0.05, 0.1) is 75.8 Å². The maximum Gasteiger partial charge on any atom is 0.420 e. The second kappa shape index (κ2) is 24.1. The summed E-state index contributed by atoms with van der Waals surface area (Å²) in [7, 11) is 1.24. The van der Waals surface area contributed by atoms with Gasteiger partial charge in [-0.1, -0.05) is 45.0 Å². The molecule has 73 heavy (non-hydrogen) atoms. The van der Waals surface area contributed by atoms with E-state index < -0.39 is 57.7 Å². The number of carbonyl (C=O) groups is 3. The molecule has 2 amide bonds. The molecule has 5 aromatic rings. The summed E-state index contributed by atoms with van der Waals surface area (Å²) in [4.78, 5) is 53.5. The van der Waals surface area contributed by atoms with Gasteiger partial charge in [-0.3, -0.25) is 14.6 Å². The fourth-order valence-corrected chi connectivity index (χ4v) is 9.67. The minimum atomic E-state index is -5.17. The largest absolute Gasteiger partial charge is 0.491 e. The molecule has 6 rings (SSSR count). The molecular weight excluding hydrogens is 988 g/mol. The first-order valence-electron chi connectivity index (χ1n) is 23.7. The average molecular weight is 1050 g/mol. The summed E-state index contributed by atoms with van der Waals surface area (Å²) in [6.45, 7) is 13.2. The molecule has 13 nitrogen and oxygen atoms in total. The van der Waals surface area contributed by atoms with E-state index in [9.17, 15) is 32.8 Å². The molecule has 1 fully saturated rings. The number of hydrogen-bond acceptors (Lipinski definition) is 11. The molecule has 20 heteroatoms. The number of ether oxygens (including phenoxy) is 2. The molecule has 3 aromatic carbocycles. The highest BCUT2D eigenvalue weighted by atomic mass is 32.1. The molecule has 1 saturated heterocycles. The summed E-state index contributed by atoms with van der Waals surface area (Å²) in [6, 6.07) is 17.6. The van der Waals surface area contributed by atoms with Crippen LogP contribution in [-0.4, -0.2) is 95.7 Å². The number of nitrogens with one attached hydrogen (secondary N) is 2. The van der Waals surface area contributed by atoms with Crippen molar-refractivity contribution >= 4 is 58.1 Å². The molecule has 0 bridgehead atoms. The number of rotatable bonds is 20. The van der Waals surface area contributed by atoms with Crippen LogP contribution in [0.15, 0.2) is 78.4 Å². The number of carbonyl (C=O) groups excluding carboxylic acids is 3. The Balaban J connectivity index is 0.944. The van der Waals surface area contributed by atoms with E-state index in [-0.39, 0.29) is 35.0 Å². The van der Waals surface area contributed by atoms with E-state index in [1.165, 1.54) is 56.3 Å². The van der Waals surface area contributed by atoms with E-state index in [1.807, 2.05) is 57.5 Å². The van der Waals surface area contributed by atoms with Crippen LogP contribution >= 0.6 is 23.6 Å². The monoisotopic (exact) mass is 1050 g/mol. The lowest BCUT2D eigenvalue weighted by Gasteiger charge is -2.39.